The Morgan fingerprint density at radius 1 is 1.64 bits per heavy atom. The molecule has 0 bridgehead atoms. The van der Waals surface area contributed by atoms with Crippen LogP contribution < -0.4 is 0 Å². The Balaban J connectivity index is 3.54. The van der Waals surface area contributed by atoms with Crippen molar-refractivity contribution in [1.82, 2.24) is 0 Å². The fraction of sp³-hybridized carbons (Fsp3) is 0.667. The van der Waals surface area contributed by atoms with Gasteiger partial charge < -0.3 is 0 Å². The smallest absolute Gasteiger partial charge is 0.158 e. The lowest BCUT2D eigenvalue weighted by molar-refractivity contribution is -0.115. The number of carbonyl (C=O) groups is 1. The lowest BCUT2D eigenvalue weighted by atomic mass is 10.1. The second-order valence-corrected chi connectivity index (χ2v) is 4.49. The van der Waals surface area contributed by atoms with Gasteiger partial charge in [-0.25, -0.2) is 0 Å². The maximum absolute atomic E-state index is 11.1. The standard InChI is InChI=1S/C9H17OP/c1-7(2)9(10)6-5-8(3)11-4/h8,11H,1,5-6H2,2-4H3. The summed E-state index contributed by atoms with van der Waals surface area (Å²) in [6, 6.07) is 0. The molecule has 2 unspecified atom stereocenters. The van der Waals surface area contributed by atoms with E-state index in [9.17, 15) is 4.79 Å². The van der Waals surface area contributed by atoms with Crippen molar-refractivity contribution in [1.29, 1.82) is 0 Å². The zero-order chi connectivity index (χ0) is 8.85. The number of allylic oxidation sites excluding steroid dienone is 1. The minimum absolute atomic E-state index is 0.218. The Labute approximate surface area is 71.0 Å². The van der Waals surface area contributed by atoms with E-state index in [4.69, 9.17) is 0 Å². The zero-order valence-electron chi connectivity index (χ0n) is 7.61. The van der Waals surface area contributed by atoms with Crippen LogP contribution in [0.15, 0.2) is 12.2 Å². The van der Waals surface area contributed by atoms with Gasteiger partial charge in [-0.15, -0.1) is 8.58 Å². The Morgan fingerprint density at radius 2 is 2.18 bits per heavy atom. The molecule has 64 valence electrons. The van der Waals surface area contributed by atoms with E-state index in [1.807, 2.05) is 0 Å². The van der Waals surface area contributed by atoms with Crippen molar-refractivity contribution in [2.45, 2.75) is 32.3 Å². The summed E-state index contributed by atoms with van der Waals surface area (Å²) >= 11 is 0. The number of hydrogen-bond donors (Lipinski definition) is 0. The van der Waals surface area contributed by atoms with Crippen LogP contribution in [0.2, 0.25) is 0 Å². The van der Waals surface area contributed by atoms with Gasteiger partial charge >= 0.3 is 0 Å². The third kappa shape index (κ3) is 5.15. The van der Waals surface area contributed by atoms with Gasteiger partial charge in [0.05, 0.1) is 0 Å². The number of carbonyl (C=O) groups excluding carboxylic acids is 1. The molecule has 0 spiro atoms. The van der Waals surface area contributed by atoms with E-state index in [0.717, 1.165) is 15.0 Å². The van der Waals surface area contributed by atoms with Crippen molar-refractivity contribution < 1.29 is 4.79 Å². The topological polar surface area (TPSA) is 17.1 Å². The monoisotopic (exact) mass is 172 g/mol. The van der Waals surface area contributed by atoms with E-state index in [-0.39, 0.29) is 5.78 Å². The van der Waals surface area contributed by atoms with E-state index >= 15 is 0 Å². The molecule has 0 aliphatic rings. The predicted molar refractivity (Wildman–Crippen MR) is 52.8 cm³/mol. The summed E-state index contributed by atoms with van der Waals surface area (Å²) < 4.78 is 0. The van der Waals surface area contributed by atoms with Gasteiger partial charge in [0, 0.05) is 6.42 Å². The van der Waals surface area contributed by atoms with Gasteiger partial charge in [0.1, 0.15) is 0 Å². The number of rotatable bonds is 5. The van der Waals surface area contributed by atoms with Crippen molar-refractivity contribution in [2.24, 2.45) is 0 Å². The fourth-order valence-electron chi connectivity index (χ4n) is 0.705. The van der Waals surface area contributed by atoms with Gasteiger partial charge in [-0.2, -0.15) is 0 Å². The van der Waals surface area contributed by atoms with Crippen LogP contribution >= 0.6 is 8.58 Å². The van der Waals surface area contributed by atoms with Gasteiger partial charge in [-0.3, -0.25) is 4.79 Å². The highest BCUT2D eigenvalue weighted by Crippen LogP contribution is 2.18. The summed E-state index contributed by atoms with van der Waals surface area (Å²) in [7, 11) is 0.943. The van der Waals surface area contributed by atoms with Crippen molar-refractivity contribution in [3.63, 3.8) is 0 Å². The molecule has 0 aromatic carbocycles. The molecule has 2 atom stereocenters. The lowest BCUT2D eigenvalue weighted by Crippen LogP contribution is -2.02. The summed E-state index contributed by atoms with van der Waals surface area (Å²) in [6.45, 7) is 9.75. The molecule has 0 aromatic heterocycles. The number of hydrogen-bond acceptors (Lipinski definition) is 1. The zero-order valence-corrected chi connectivity index (χ0v) is 8.61. The molecular formula is C9H17OP. The number of ketones is 1. The quantitative estimate of drug-likeness (QED) is 0.460. The Morgan fingerprint density at radius 3 is 2.55 bits per heavy atom. The molecular weight excluding hydrogens is 155 g/mol. The third-order valence-electron chi connectivity index (χ3n) is 1.77. The van der Waals surface area contributed by atoms with Crippen LogP contribution in [0, 0.1) is 0 Å². The molecule has 0 heterocycles. The van der Waals surface area contributed by atoms with Crippen LogP contribution in [-0.2, 0) is 4.79 Å². The Hall–Kier alpha value is -0.160. The molecule has 11 heavy (non-hydrogen) atoms. The van der Waals surface area contributed by atoms with Crippen molar-refractivity contribution in [2.75, 3.05) is 6.66 Å². The normalized spacial score (nSPS) is 13.7. The molecule has 0 radical (unpaired) electrons. The highest BCUT2D eigenvalue weighted by Gasteiger charge is 2.04. The molecule has 0 aliphatic carbocycles. The summed E-state index contributed by atoms with van der Waals surface area (Å²) in [5, 5.41) is 0. The molecule has 0 aliphatic heterocycles. The molecule has 0 fully saturated rings. The molecule has 0 N–H and O–H groups in total. The van der Waals surface area contributed by atoms with Gasteiger partial charge in [-0.05, 0) is 31.2 Å². The van der Waals surface area contributed by atoms with Crippen LogP contribution in [0.25, 0.3) is 0 Å². The second-order valence-electron chi connectivity index (χ2n) is 2.93. The third-order valence-corrected chi connectivity index (χ3v) is 3.05. The van der Waals surface area contributed by atoms with Gasteiger partial charge in [0.25, 0.3) is 0 Å². The summed E-state index contributed by atoms with van der Waals surface area (Å²) in [4.78, 5) is 11.1. The number of Topliss-reactive ketones (excluding diaryl/α,β-unsaturated/α-hetero) is 1. The van der Waals surface area contributed by atoms with E-state index < -0.39 is 0 Å². The first-order chi connectivity index (χ1) is 5.07. The molecule has 0 saturated heterocycles. The minimum atomic E-state index is 0.218. The fourth-order valence-corrected chi connectivity index (χ4v) is 1.14. The van der Waals surface area contributed by atoms with Gasteiger partial charge in [-0.1, -0.05) is 13.5 Å². The Bertz CT molecular complexity index is 152. The maximum Gasteiger partial charge on any atom is 0.158 e. The van der Waals surface area contributed by atoms with Crippen molar-refractivity contribution >= 4 is 14.4 Å². The van der Waals surface area contributed by atoms with Crippen LogP contribution in [0.5, 0.6) is 0 Å². The SMILES string of the molecule is C=C(C)C(=O)CCC(C)PC. The Kier molecular flexibility index (Phi) is 5.41. The molecule has 0 saturated carbocycles. The summed E-state index contributed by atoms with van der Waals surface area (Å²) in [6.07, 6.45) is 1.69. The van der Waals surface area contributed by atoms with Crippen LogP contribution in [-0.4, -0.2) is 18.1 Å². The van der Waals surface area contributed by atoms with E-state index in [2.05, 4.69) is 20.2 Å². The van der Waals surface area contributed by atoms with Gasteiger partial charge in [0.2, 0.25) is 0 Å². The first-order valence-corrected chi connectivity index (χ1v) is 5.51. The van der Waals surface area contributed by atoms with Crippen LogP contribution in [0.4, 0.5) is 0 Å². The highest BCUT2D eigenvalue weighted by molar-refractivity contribution is 7.37. The van der Waals surface area contributed by atoms with Crippen molar-refractivity contribution in [3.8, 4) is 0 Å². The largest absolute Gasteiger partial charge is 0.295 e. The second kappa shape index (κ2) is 5.49. The lowest BCUT2D eigenvalue weighted by Gasteiger charge is -2.06. The molecule has 2 heteroatoms. The average Bonchev–Trinajstić information content (AvgIpc) is 1.99. The van der Waals surface area contributed by atoms with E-state index in [0.29, 0.717) is 17.7 Å². The molecule has 0 amide bonds. The molecule has 0 rings (SSSR count). The first kappa shape index (κ1) is 10.8. The predicted octanol–water partition coefficient (Wildman–Crippen LogP) is 2.61. The van der Waals surface area contributed by atoms with Gasteiger partial charge in [0.15, 0.2) is 5.78 Å². The van der Waals surface area contributed by atoms with Crippen LogP contribution in [0.1, 0.15) is 26.7 Å². The van der Waals surface area contributed by atoms with Crippen molar-refractivity contribution in [3.05, 3.63) is 12.2 Å². The first-order valence-electron chi connectivity index (χ1n) is 3.94. The summed E-state index contributed by atoms with van der Waals surface area (Å²) in [5.74, 6) is 0.218. The summed E-state index contributed by atoms with van der Waals surface area (Å²) in [5.41, 5.74) is 1.38. The van der Waals surface area contributed by atoms with Crippen LogP contribution in [0.3, 0.4) is 0 Å². The maximum atomic E-state index is 11.1. The van der Waals surface area contributed by atoms with E-state index in [1.54, 1.807) is 6.92 Å². The van der Waals surface area contributed by atoms with E-state index in [1.165, 1.54) is 0 Å². The average molecular weight is 172 g/mol. The minimum Gasteiger partial charge on any atom is -0.295 e. The highest BCUT2D eigenvalue weighted by atomic mass is 31.1. The molecule has 1 nitrogen and oxygen atoms in total. The molecule has 0 aromatic rings.